The molecule has 1 aromatic carbocycles. The average molecular weight is 331 g/mol. The molecule has 1 unspecified atom stereocenters. The van der Waals surface area contributed by atoms with Crippen molar-refractivity contribution < 1.29 is 9.53 Å². The molecule has 0 bridgehead atoms. The highest BCUT2D eigenvalue weighted by Gasteiger charge is 2.31. The van der Waals surface area contributed by atoms with Gasteiger partial charge in [0.15, 0.2) is 0 Å². The molecule has 0 radical (unpaired) electrons. The van der Waals surface area contributed by atoms with Gasteiger partial charge in [0.2, 0.25) is 0 Å². The molecule has 116 valence electrons. The third-order valence-electron chi connectivity index (χ3n) is 3.14. The molecule has 1 aromatic rings. The van der Waals surface area contributed by atoms with Gasteiger partial charge in [0.25, 0.3) is 0 Å². The normalized spacial score (nSPS) is 19.5. The molecule has 0 saturated carbocycles. The summed E-state index contributed by atoms with van der Waals surface area (Å²) in [4.78, 5) is 14.1. The van der Waals surface area contributed by atoms with Crippen LogP contribution in [0.15, 0.2) is 18.2 Å². The van der Waals surface area contributed by atoms with Gasteiger partial charge in [-0.3, -0.25) is 4.90 Å². The Bertz CT molecular complexity index is 509. The van der Waals surface area contributed by atoms with E-state index in [4.69, 9.17) is 27.9 Å². The van der Waals surface area contributed by atoms with Gasteiger partial charge >= 0.3 is 6.09 Å². The Morgan fingerprint density at radius 2 is 1.90 bits per heavy atom. The van der Waals surface area contributed by atoms with E-state index < -0.39 is 5.60 Å². The molecule has 1 aliphatic heterocycles. The molecule has 0 spiro atoms. The number of ether oxygens (including phenoxy) is 1. The van der Waals surface area contributed by atoms with Crippen LogP contribution in [0, 0.1) is 0 Å². The van der Waals surface area contributed by atoms with E-state index in [-0.39, 0.29) is 12.1 Å². The summed E-state index contributed by atoms with van der Waals surface area (Å²) in [6.45, 7) is 7.55. The Morgan fingerprint density at radius 1 is 1.29 bits per heavy atom. The van der Waals surface area contributed by atoms with Crippen LogP contribution < -0.4 is 5.32 Å². The van der Waals surface area contributed by atoms with Crippen LogP contribution >= 0.6 is 23.2 Å². The quantitative estimate of drug-likeness (QED) is 0.849. The number of carbonyl (C=O) groups is 1. The van der Waals surface area contributed by atoms with Gasteiger partial charge in [0.1, 0.15) is 5.60 Å². The van der Waals surface area contributed by atoms with Crippen molar-refractivity contribution in [3.8, 4) is 0 Å². The highest BCUT2D eigenvalue weighted by atomic mass is 35.5. The van der Waals surface area contributed by atoms with Crippen LogP contribution in [0.5, 0.6) is 0 Å². The number of carbonyl (C=O) groups excluding carboxylic acids is 1. The first-order chi connectivity index (χ1) is 9.76. The van der Waals surface area contributed by atoms with Crippen molar-refractivity contribution in [3.63, 3.8) is 0 Å². The van der Waals surface area contributed by atoms with Gasteiger partial charge in [0, 0.05) is 29.7 Å². The van der Waals surface area contributed by atoms with Gasteiger partial charge in [-0.1, -0.05) is 23.2 Å². The van der Waals surface area contributed by atoms with E-state index in [1.54, 1.807) is 11.0 Å². The zero-order valence-electron chi connectivity index (χ0n) is 12.5. The minimum absolute atomic E-state index is 0.134. The Morgan fingerprint density at radius 3 is 2.48 bits per heavy atom. The number of nitrogens with zero attached hydrogens (tertiary/aromatic N) is 1. The second-order valence-corrected chi connectivity index (χ2v) is 6.97. The molecule has 1 amide bonds. The molecule has 1 aliphatic rings. The summed E-state index contributed by atoms with van der Waals surface area (Å²) in [5, 5.41) is 4.41. The van der Waals surface area contributed by atoms with Crippen molar-refractivity contribution in [2.45, 2.75) is 32.4 Å². The van der Waals surface area contributed by atoms with E-state index in [1.165, 1.54) is 0 Å². The molecular formula is C15H20Cl2N2O2. The van der Waals surface area contributed by atoms with Gasteiger partial charge in [-0.2, -0.15) is 0 Å². The molecule has 1 heterocycles. The monoisotopic (exact) mass is 330 g/mol. The van der Waals surface area contributed by atoms with Gasteiger partial charge in [-0.25, -0.2) is 4.79 Å². The number of amides is 1. The van der Waals surface area contributed by atoms with Crippen molar-refractivity contribution in [2.75, 3.05) is 19.6 Å². The number of halogens is 2. The number of nitrogens with one attached hydrogen (secondary N) is 1. The Labute approximate surface area is 135 Å². The van der Waals surface area contributed by atoms with E-state index in [9.17, 15) is 4.79 Å². The van der Waals surface area contributed by atoms with Crippen LogP contribution in [0.2, 0.25) is 10.0 Å². The molecule has 2 rings (SSSR count). The molecule has 0 aromatic heterocycles. The fourth-order valence-corrected chi connectivity index (χ4v) is 2.85. The lowest BCUT2D eigenvalue weighted by molar-refractivity contribution is 0.0118. The van der Waals surface area contributed by atoms with Crippen LogP contribution in [0.3, 0.4) is 0 Å². The summed E-state index contributed by atoms with van der Waals surface area (Å²) in [5.74, 6) is 0. The number of hydrogen-bond donors (Lipinski definition) is 1. The predicted octanol–water partition coefficient (Wildman–Crippen LogP) is 3.87. The Kier molecular flexibility index (Phi) is 5.02. The van der Waals surface area contributed by atoms with Crippen LogP contribution in [0.1, 0.15) is 32.4 Å². The SMILES string of the molecule is CC(C)(C)OC(=O)N1CCNCC1c1cc(Cl)cc(Cl)c1. The molecule has 1 atom stereocenters. The maximum absolute atomic E-state index is 12.4. The maximum atomic E-state index is 12.4. The molecule has 1 saturated heterocycles. The minimum atomic E-state index is -0.515. The standard InChI is InChI=1S/C15H20Cl2N2O2/c1-15(2,3)21-14(20)19-5-4-18-9-13(19)10-6-11(16)8-12(17)7-10/h6-8,13,18H,4-5,9H2,1-3H3. The van der Waals surface area contributed by atoms with Crippen molar-refractivity contribution in [2.24, 2.45) is 0 Å². The molecule has 6 heteroatoms. The third-order valence-corrected chi connectivity index (χ3v) is 3.58. The molecule has 21 heavy (non-hydrogen) atoms. The van der Waals surface area contributed by atoms with Gasteiger partial charge in [-0.05, 0) is 44.5 Å². The highest BCUT2D eigenvalue weighted by Crippen LogP contribution is 2.29. The van der Waals surface area contributed by atoms with Gasteiger partial charge in [-0.15, -0.1) is 0 Å². The average Bonchev–Trinajstić information content (AvgIpc) is 2.35. The second kappa shape index (κ2) is 6.42. The van der Waals surface area contributed by atoms with Crippen LogP contribution in [0.25, 0.3) is 0 Å². The summed E-state index contributed by atoms with van der Waals surface area (Å²) in [7, 11) is 0. The fraction of sp³-hybridized carbons (Fsp3) is 0.533. The molecular weight excluding hydrogens is 311 g/mol. The second-order valence-electron chi connectivity index (χ2n) is 6.10. The summed E-state index contributed by atoms with van der Waals surface area (Å²) in [5.41, 5.74) is 0.393. The summed E-state index contributed by atoms with van der Waals surface area (Å²) in [6, 6.07) is 5.22. The van der Waals surface area contributed by atoms with E-state index in [0.717, 1.165) is 12.1 Å². The lowest BCUT2D eigenvalue weighted by Crippen LogP contribution is -2.50. The van der Waals surface area contributed by atoms with Crippen LogP contribution in [-0.4, -0.2) is 36.2 Å². The van der Waals surface area contributed by atoms with Crippen molar-refractivity contribution in [3.05, 3.63) is 33.8 Å². The predicted molar refractivity (Wildman–Crippen MR) is 85.0 cm³/mol. The minimum Gasteiger partial charge on any atom is -0.444 e. The Hall–Kier alpha value is -0.970. The Balaban J connectivity index is 2.24. The summed E-state index contributed by atoms with van der Waals surface area (Å²) >= 11 is 12.1. The first kappa shape index (κ1) is 16.4. The third kappa shape index (κ3) is 4.50. The number of piperazine rings is 1. The van der Waals surface area contributed by atoms with Crippen molar-refractivity contribution >= 4 is 29.3 Å². The molecule has 4 nitrogen and oxygen atoms in total. The maximum Gasteiger partial charge on any atom is 0.410 e. The van der Waals surface area contributed by atoms with E-state index in [0.29, 0.717) is 23.1 Å². The summed E-state index contributed by atoms with van der Waals surface area (Å²) < 4.78 is 5.48. The zero-order chi connectivity index (χ0) is 15.6. The van der Waals surface area contributed by atoms with Gasteiger partial charge < -0.3 is 10.1 Å². The lowest BCUT2D eigenvalue weighted by atomic mass is 10.0. The fourth-order valence-electron chi connectivity index (χ4n) is 2.31. The lowest BCUT2D eigenvalue weighted by Gasteiger charge is -2.37. The molecule has 1 N–H and O–H groups in total. The first-order valence-electron chi connectivity index (χ1n) is 6.92. The van der Waals surface area contributed by atoms with E-state index in [2.05, 4.69) is 5.32 Å². The van der Waals surface area contributed by atoms with Crippen molar-refractivity contribution in [1.29, 1.82) is 0 Å². The van der Waals surface area contributed by atoms with Crippen LogP contribution in [0.4, 0.5) is 4.79 Å². The smallest absolute Gasteiger partial charge is 0.410 e. The van der Waals surface area contributed by atoms with Crippen LogP contribution in [-0.2, 0) is 4.74 Å². The van der Waals surface area contributed by atoms with Gasteiger partial charge in [0.05, 0.1) is 6.04 Å². The number of benzene rings is 1. The topological polar surface area (TPSA) is 41.6 Å². The zero-order valence-corrected chi connectivity index (χ0v) is 14.0. The largest absolute Gasteiger partial charge is 0.444 e. The highest BCUT2D eigenvalue weighted by molar-refractivity contribution is 6.34. The summed E-state index contributed by atoms with van der Waals surface area (Å²) in [6.07, 6.45) is -0.315. The first-order valence-corrected chi connectivity index (χ1v) is 7.68. The van der Waals surface area contributed by atoms with E-state index in [1.807, 2.05) is 32.9 Å². The molecule has 1 fully saturated rings. The van der Waals surface area contributed by atoms with Crippen molar-refractivity contribution in [1.82, 2.24) is 10.2 Å². The number of rotatable bonds is 1. The number of hydrogen-bond acceptors (Lipinski definition) is 3. The molecule has 0 aliphatic carbocycles. The van der Waals surface area contributed by atoms with E-state index >= 15 is 0 Å².